The lowest BCUT2D eigenvalue weighted by molar-refractivity contribution is 0.619. The number of nitrogens with one attached hydrogen (secondary N) is 2. The molecule has 0 radical (unpaired) electrons. The molecule has 0 bridgehead atoms. The van der Waals surface area contributed by atoms with Gasteiger partial charge in [-0.1, -0.05) is 12.1 Å². The van der Waals surface area contributed by atoms with Crippen LogP contribution in [-0.2, 0) is 12.8 Å². The number of hydrogen-bond acceptors (Lipinski definition) is 4. The van der Waals surface area contributed by atoms with E-state index in [-0.39, 0.29) is 5.82 Å². The van der Waals surface area contributed by atoms with Crippen molar-refractivity contribution in [3.63, 3.8) is 0 Å². The number of aromatic nitrogens is 2. The second-order valence-electron chi connectivity index (χ2n) is 4.56. The normalized spacial score (nSPS) is 13.2. The van der Waals surface area contributed by atoms with Crippen molar-refractivity contribution in [3.05, 3.63) is 41.3 Å². The molecule has 0 saturated heterocycles. The number of aryl methyl sites for hydroxylation is 1. The van der Waals surface area contributed by atoms with Gasteiger partial charge in [-0.15, -0.1) is 0 Å². The minimum Gasteiger partial charge on any atom is -0.371 e. The van der Waals surface area contributed by atoms with Crippen LogP contribution in [0.15, 0.2) is 24.4 Å². The predicted octanol–water partition coefficient (Wildman–Crippen LogP) is 2.89. The molecule has 1 heterocycles. The van der Waals surface area contributed by atoms with Gasteiger partial charge >= 0.3 is 0 Å². The third-order valence-electron chi connectivity index (χ3n) is 3.37. The SMILES string of the molecule is CNc1nc(Nc2cccc3c2CCC3)ncc1F. The molecule has 1 aromatic carbocycles. The van der Waals surface area contributed by atoms with E-state index in [4.69, 9.17) is 0 Å². The van der Waals surface area contributed by atoms with Crippen LogP contribution in [0.1, 0.15) is 17.5 Å². The van der Waals surface area contributed by atoms with Crippen molar-refractivity contribution in [3.8, 4) is 0 Å². The minimum absolute atomic E-state index is 0.199. The largest absolute Gasteiger partial charge is 0.371 e. The highest BCUT2D eigenvalue weighted by molar-refractivity contribution is 5.62. The molecule has 0 saturated carbocycles. The lowest BCUT2D eigenvalue weighted by atomic mass is 10.1. The van der Waals surface area contributed by atoms with Crippen LogP contribution in [0.4, 0.5) is 21.8 Å². The van der Waals surface area contributed by atoms with Crippen LogP contribution in [-0.4, -0.2) is 17.0 Å². The Morgan fingerprint density at radius 2 is 2.16 bits per heavy atom. The van der Waals surface area contributed by atoms with Gasteiger partial charge in [0.1, 0.15) is 0 Å². The maximum atomic E-state index is 13.3. The number of benzene rings is 1. The number of hydrogen-bond donors (Lipinski definition) is 2. The second-order valence-corrected chi connectivity index (χ2v) is 4.56. The van der Waals surface area contributed by atoms with E-state index in [1.807, 2.05) is 12.1 Å². The van der Waals surface area contributed by atoms with Crippen LogP contribution in [0.25, 0.3) is 0 Å². The van der Waals surface area contributed by atoms with Crippen molar-refractivity contribution in [1.29, 1.82) is 0 Å². The number of fused-ring (bicyclic) bond motifs is 1. The zero-order valence-corrected chi connectivity index (χ0v) is 10.7. The Morgan fingerprint density at radius 3 is 3.00 bits per heavy atom. The van der Waals surface area contributed by atoms with Crippen molar-refractivity contribution in [2.24, 2.45) is 0 Å². The lowest BCUT2D eigenvalue weighted by Gasteiger charge is -2.11. The highest BCUT2D eigenvalue weighted by atomic mass is 19.1. The summed E-state index contributed by atoms with van der Waals surface area (Å²) in [5, 5.41) is 5.88. The molecule has 3 rings (SSSR count). The summed E-state index contributed by atoms with van der Waals surface area (Å²) in [5.74, 6) is 0.155. The third kappa shape index (κ3) is 2.23. The molecule has 0 atom stereocenters. The van der Waals surface area contributed by atoms with Crippen molar-refractivity contribution in [2.45, 2.75) is 19.3 Å². The summed E-state index contributed by atoms with van der Waals surface area (Å²) in [6.45, 7) is 0. The first-order valence-corrected chi connectivity index (χ1v) is 6.36. The maximum absolute atomic E-state index is 13.3. The Bertz CT molecular complexity index is 612. The van der Waals surface area contributed by atoms with Crippen LogP contribution in [0, 0.1) is 5.82 Å². The van der Waals surface area contributed by atoms with Gasteiger partial charge in [0.05, 0.1) is 6.20 Å². The van der Waals surface area contributed by atoms with E-state index in [9.17, 15) is 4.39 Å². The van der Waals surface area contributed by atoms with Gasteiger partial charge < -0.3 is 10.6 Å². The standard InChI is InChI=1S/C14H15FN4/c1-16-13-11(15)8-17-14(19-13)18-12-7-3-5-9-4-2-6-10(9)12/h3,5,7-8H,2,4,6H2,1H3,(H2,16,17,18,19). The van der Waals surface area contributed by atoms with Gasteiger partial charge in [-0.25, -0.2) is 9.37 Å². The highest BCUT2D eigenvalue weighted by Gasteiger charge is 2.15. The molecule has 0 fully saturated rings. The number of anilines is 3. The Morgan fingerprint density at radius 1 is 1.26 bits per heavy atom. The molecule has 98 valence electrons. The molecule has 1 aliphatic carbocycles. The van der Waals surface area contributed by atoms with E-state index < -0.39 is 5.82 Å². The van der Waals surface area contributed by atoms with E-state index in [0.29, 0.717) is 5.95 Å². The molecule has 19 heavy (non-hydrogen) atoms. The predicted molar refractivity (Wildman–Crippen MR) is 73.3 cm³/mol. The summed E-state index contributed by atoms with van der Waals surface area (Å²) >= 11 is 0. The fourth-order valence-electron chi connectivity index (χ4n) is 2.46. The molecule has 1 aromatic heterocycles. The first-order valence-electron chi connectivity index (χ1n) is 6.36. The maximum Gasteiger partial charge on any atom is 0.229 e. The second kappa shape index (κ2) is 4.84. The molecule has 4 nitrogen and oxygen atoms in total. The molecule has 2 N–H and O–H groups in total. The lowest BCUT2D eigenvalue weighted by Crippen LogP contribution is -2.04. The van der Waals surface area contributed by atoms with E-state index in [1.165, 1.54) is 23.7 Å². The van der Waals surface area contributed by atoms with Crippen molar-refractivity contribution in [1.82, 2.24) is 9.97 Å². The van der Waals surface area contributed by atoms with E-state index in [1.54, 1.807) is 7.05 Å². The number of nitrogens with zero attached hydrogens (tertiary/aromatic N) is 2. The molecule has 2 aromatic rings. The van der Waals surface area contributed by atoms with Crippen LogP contribution in [0.3, 0.4) is 0 Å². The van der Waals surface area contributed by atoms with Gasteiger partial charge in [0.25, 0.3) is 0 Å². The fraction of sp³-hybridized carbons (Fsp3) is 0.286. The molecule has 0 aliphatic heterocycles. The molecule has 5 heteroatoms. The third-order valence-corrected chi connectivity index (χ3v) is 3.37. The molecule has 0 spiro atoms. The van der Waals surface area contributed by atoms with Crippen LogP contribution >= 0.6 is 0 Å². The summed E-state index contributed by atoms with van der Waals surface area (Å²) in [6.07, 6.45) is 4.54. The topological polar surface area (TPSA) is 49.8 Å². The van der Waals surface area contributed by atoms with Gasteiger partial charge in [-0.2, -0.15) is 4.98 Å². The van der Waals surface area contributed by atoms with Crippen LogP contribution in [0.5, 0.6) is 0 Å². The first-order chi connectivity index (χ1) is 9.28. The number of halogens is 1. The van der Waals surface area contributed by atoms with Gasteiger partial charge in [-0.3, -0.25) is 0 Å². The Hall–Kier alpha value is -2.17. The summed E-state index contributed by atoms with van der Waals surface area (Å²) in [4.78, 5) is 8.07. The average molecular weight is 258 g/mol. The van der Waals surface area contributed by atoms with E-state index in [2.05, 4.69) is 26.7 Å². The van der Waals surface area contributed by atoms with Crippen molar-refractivity contribution >= 4 is 17.5 Å². The Labute approximate surface area is 111 Å². The monoisotopic (exact) mass is 258 g/mol. The molecule has 0 unspecified atom stereocenters. The molecule has 0 amide bonds. The van der Waals surface area contributed by atoms with Gasteiger partial charge in [0.2, 0.25) is 5.95 Å². The van der Waals surface area contributed by atoms with Crippen LogP contribution in [0.2, 0.25) is 0 Å². The fourth-order valence-corrected chi connectivity index (χ4v) is 2.46. The van der Waals surface area contributed by atoms with E-state index >= 15 is 0 Å². The number of rotatable bonds is 3. The molecular formula is C14H15FN4. The van der Waals surface area contributed by atoms with E-state index in [0.717, 1.165) is 18.5 Å². The molecular weight excluding hydrogens is 243 g/mol. The van der Waals surface area contributed by atoms with Crippen LogP contribution < -0.4 is 10.6 Å². The zero-order chi connectivity index (χ0) is 13.2. The van der Waals surface area contributed by atoms with Gasteiger partial charge in [-0.05, 0) is 36.5 Å². The Kier molecular flexibility index (Phi) is 3.03. The summed E-state index contributed by atoms with van der Waals surface area (Å²) < 4.78 is 13.3. The molecule has 1 aliphatic rings. The summed E-state index contributed by atoms with van der Waals surface area (Å²) in [5.41, 5.74) is 3.71. The first kappa shape index (κ1) is 11.9. The summed E-state index contributed by atoms with van der Waals surface area (Å²) in [6, 6.07) is 6.18. The zero-order valence-electron chi connectivity index (χ0n) is 10.7. The van der Waals surface area contributed by atoms with Crippen molar-refractivity contribution < 1.29 is 4.39 Å². The minimum atomic E-state index is -0.452. The average Bonchev–Trinajstić information content (AvgIpc) is 2.90. The summed E-state index contributed by atoms with van der Waals surface area (Å²) in [7, 11) is 1.63. The smallest absolute Gasteiger partial charge is 0.229 e. The quantitative estimate of drug-likeness (QED) is 0.888. The van der Waals surface area contributed by atoms with Gasteiger partial charge in [0.15, 0.2) is 11.6 Å². The van der Waals surface area contributed by atoms with Gasteiger partial charge in [0, 0.05) is 12.7 Å². The Balaban J connectivity index is 1.92. The van der Waals surface area contributed by atoms with Crippen molar-refractivity contribution in [2.75, 3.05) is 17.7 Å². The highest BCUT2D eigenvalue weighted by Crippen LogP contribution is 2.30.